The second-order valence-electron chi connectivity index (χ2n) is 16.1. The molecule has 3 saturated carbocycles. The van der Waals surface area contributed by atoms with Gasteiger partial charge in [0.1, 0.15) is 12.3 Å². The topological polar surface area (TPSA) is 92.4 Å². The normalized spacial score (nSPS) is 44.1. The SMILES string of the molecule is CC1(C)CC[C@]2(C(=O)NCC(F)(F)F)CC[C@]3(C)[C@H](C(=O)C=C4[C@@]5(C)Cc6cnoc6[C@@](C)(CO)C5CC[C@]43C)[C@@H]2C1. The molecule has 1 unspecified atom stereocenters. The minimum Gasteiger partial charge on any atom is -0.395 e. The van der Waals surface area contributed by atoms with E-state index in [0.717, 1.165) is 36.2 Å². The van der Waals surface area contributed by atoms with Crippen LogP contribution in [-0.4, -0.2) is 41.3 Å². The molecule has 5 aliphatic carbocycles. The molecule has 0 bridgehead atoms. The summed E-state index contributed by atoms with van der Waals surface area (Å²) in [5.74, 6) is -0.539. The second-order valence-corrected chi connectivity index (χ2v) is 16.1. The molecule has 0 spiro atoms. The number of amides is 1. The van der Waals surface area contributed by atoms with Crippen molar-refractivity contribution in [3.8, 4) is 0 Å². The number of alkyl halides is 3. The van der Waals surface area contributed by atoms with Crippen molar-refractivity contribution in [2.75, 3.05) is 13.2 Å². The van der Waals surface area contributed by atoms with E-state index in [1.165, 1.54) is 0 Å². The van der Waals surface area contributed by atoms with Crippen molar-refractivity contribution in [2.45, 2.75) is 105 Å². The number of allylic oxidation sites excluding steroid dienone is 2. The summed E-state index contributed by atoms with van der Waals surface area (Å²) in [7, 11) is 0. The quantitative estimate of drug-likeness (QED) is 0.430. The average molecular weight is 591 g/mol. The number of nitrogens with zero attached hydrogens (tertiary/aromatic N) is 1. The number of aliphatic hydroxyl groups excluding tert-OH is 1. The number of carbonyl (C=O) groups excluding carboxylic acids is 2. The lowest BCUT2D eigenvalue weighted by molar-refractivity contribution is -0.182. The summed E-state index contributed by atoms with van der Waals surface area (Å²) in [6.07, 6.45) is 4.37. The molecular formula is C33H45F3N2O4. The Morgan fingerprint density at radius 3 is 2.45 bits per heavy atom. The summed E-state index contributed by atoms with van der Waals surface area (Å²) in [6, 6.07) is 0. The number of rotatable bonds is 3. The molecule has 1 heterocycles. The van der Waals surface area contributed by atoms with Gasteiger partial charge in [-0.15, -0.1) is 0 Å². The van der Waals surface area contributed by atoms with Crippen molar-refractivity contribution in [3.63, 3.8) is 0 Å². The first-order valence-corrected chi connectivity index (χ1v) is 15.5. The predicted molar refractivity (Wildman–Crippen MR) is 150 cm³/mol. The third-order valence-corrected chi connectivity index (χ3v) is 13.4. The van der Waals surface area contributed by atoms with Gasteiger partial charge in [0.05, 0.1) is 23.6 Å². The number of aromatic nitrogens is 1. The highest BCUT2D eigenvalue weighted by Gasteiger charge is 2.71. The van der Waals surface area contributed by atoms with Crippen molar-refractivity contribution in [1.82, 2.24) is 10.5 Å². The molecule has 6 rings (SSSR count). The van der Waals surface area contributed by atoms with Crippen molar-refractivity contribution < 1.29 is 32.4 Å². The van der Waals surface area contributed by atoms with Crippen LogP contribution in [-0.2, 0) is 21.4 Å². The number of fused-ring (bicyclic) bond motifs is 8. The number of hydrogen-bond donors (Lipinski definition) is 2. The molecule has 5 aliphatic rings. The van der Waals surface area contributed by atoms with Crippen LogP contribution in [0, 0.1) is 44.8 Å². The maximum Gasteiger partial charge on any atom is 0.405 e. The zero-order valence-electron chi connectivity index (χ0n) is 25.7. The lowest BCUT2D eigenvalue weighted by Crippen LogP contribution is -2.67. The minimum atomic E-state index is -4.49. The smallest absolute Gasteiger partial charge is 0.395 e. The van der Waals surface area contributed by atoms with Crippen LogP contribution in [0.1, 0.15) is 97.8 Å². The van der Waals surface area contributed by atoms with Crippen molar-refractivity contribution in [1.29, 1.82) is 0 Å². The van der Waals surface area contributed by atoms with Gasteiger partial charge in [0.2, 0.25) is 5.91 Å². The zero-order chi connectivity index (χ0) is 30.7. The fourth-order valence-corrected chi connectivity index (χ4v) is 11.0. The highest BCUT2D eigenvalue weighted by Crippen LogP contribution is 2.74. The first-order chi connectivity index (χ1) is 19.4. The molecule has 232 valence electrons. The van der Waals surface area contributed by atoms with E-state index in [4.69, 9.17) is 4.52 Å². The van der Waals surface area contributed by atoms with Gasteiger partial charge in [-0.1, -0.05) is 45.3 Å². The summed E-state index contributed by atoms with van der Waals surface area (Å²) in [5.41, 5.74) is -0.871. The standard InChI is InChI=1S/C33H45F3N2O4/c1-27(2)9-11-32(26(41)37-17-33(34,35)36)12-10-31(6)24(20(32)15-27)21(40)13-23-28(3)14-19-16-38-42-25(19)29(4,18-39)22(28)7-8-30(23,31)5/h13,16,20,22,24,39H,7-12,14-15,17-18H2,1-6H3,(H,37,41)/t20-,22?,24-,28-,29-,30+,31+,32-/m0/s1. The van der Waals surface area contributed by atoms with Gasteiger partial charge < -0.3 is 14.9 Å². The Morgan fingerprint density at radius 1 is 1.10 bits per heavy atom. The molecule has 1 aromatic rings. The van der Waals surface area contributed by atoms with Crippen LogP contribution in [0.3, 0.4) is 0 Å². The Morgan fingerprint density at radius 2 is 1.79 bits per heavy atom. The molecule has 42 heavy (non-hydrogen) atoms. The number of carbonyl (C=O) groups is 2. The third-order valence-electron chi connectivity index (χ3n) is 13.4. The Kier molecular flexibility index (Phi) is 6.37. The van der Waals surface area contributed by atoms with Gasteiger partial charge in [-0.2, -0.15) is 13.2 Å². The molecule has 1 aromatic heterocycles. The van der Waals surface area contributed by atoms with Crippen LogP contribution in [0.2, 0.25) is 0 Å². The van der Waals surface area contributed by atoms with Crippen molar-refractivity contribution in [2.24, 2.45) is 44.8 Å². The molecule has 1 amide bonds. The number of ketones is 1. The van der Waals surface area contributed by atoms with E-state index in [1.54, 1.807) is 6.20 Å². The molecule has 0 aliphatic heterocycles. The van der Waals surface area contributed by atoms with Gasteiger partial charge in [-0.25, -0.2) is 0 Å². The molecule has 3 fully saturated rings. The lowest BCUT2D eigenvalue weighted by Gasteiger charge is -2.69. The summed E-state index contributed by atoms with van der Waals surface area (Å²) in [5, 5.41) is 17.0. The fraction of sp³-hybridized carbons (Fsp3) is 0.788. The Hall–Kier alpha value is -2.16. The Balaban J connectivity index is 1.46. The second kappa shape index (κ2) is 8.95. The van der Waals surface area contributed by atoms with Crippen LogP contribution < -0.4 is 5.32 Å². The number of aliphatic hydroxyl groups is 1. The van der Waals surface area contributed by atoms with Crippen LogP contribution in [0.5, 0.6) is 0 Å². The van der Waals surface area contributed by atoms with Gasteiger partial charge in [0.25, 0.3) is 0 Å². The summed E-state index contributed by atoms with van der Waals surface area (Å²) in [4.78, 5) is 28.3. The molecule has 2 N–H and O–H groups in total. The first-order valence-electron chi connectivity index (χ1n) is 15.5. The molecule has 0 radical (unpaired) electrons. The first kappa shape index (κ1) is 29.9. The van der Waals surface area contributed by atoms with E-state index >= 15 is 0 Å². The van der Waals surface area contributed by atoms with Crippen LogP contribution in [0.25, 0.3) is 0 Å². The highest BCUT2D eigenvalue weighted by atomic mass is 19.4. The van der Waals surface area contributed by atoms with E-state index < -0.39 is 46.2 Å². The van der Waals surface area contributed by atoms with E-state index in [0.29, 0.717) is 32.1 Å². The largest absolute Gasteiger partial charge is 0.405 e. The van der Waals surface area contributed by atoms with Crippen LogP contribution >= 0.6 is 0 Å². The summed E-state index contributed by atoms with van der Waals surface area (Å²) >= 11 is 0. The molecule has 0 saturated heterocycles. The highest BCUT2D eigenvalue weighted by molar-refractivity contribution is 5.96. The lowest BCUT2D eigenvalue weighted by atomic mass is 9.34. The summed E-state index contributed by atoms with van der Waals surface area (Å²) < 4.78 is 45.2. The zero-order valence-corrected chi connectivity index (χ0v) is 25.7. The number of hydrogen-bond acceptors (Lipinski definition) is 5. The monoisotopic (exact) mass is 590 g/mol. The summed E-state index contributed by atoms with van der Waals surface area (Å²) in [6.45, 7) is 11.6. The van der Waals surface area contributed by atoms with E-state index in [9.17, 15) is 27.9 Å². The van der Waals surface area contributed by atoms with Crippen molar-refractivity contribution >= 4 is 11.7 Å². The van der Waals surface area contributed by atoms with Crippen LogP contribution in [0.15, 0.2) is 22.4 Å². The van der Waals surface area contributed by atoms with Gasteiger partial charge in [0, 0.05) is 11.5 Å². The Bertz CT molecular complexity index is 1350. The van der Waals surface area contributed by atoms with Gasteiger partial charge in [0.15, 0.2) is 5.78 Å². The third kappa shape index (κ3) is 3.83. The molecule has 6 nitrogen and oxygen atoms in total. The van der Waals surface area contributed by atoms with E-state index in [2.05, 4.69) is 45.1 Å². The van der Waals surface area contributed by atoms with Crippen molar-refractivity contribution in [3.05, 3.63) is 29.2 Å². The van der Waals surface area contributed by atoms with E-state index in [1.807, 2.05) is 13.0 Å². The number of halogens is 3. The molecule has 9 heteroatoms. The maximum atomic E-state index is 14.6. The van der Waals surface area contributed by atoms with Gasteiger partial charge in [-0.05, 0) is 97.9 Å². The minimum absolute atomic E-state index is 0.00376. The Labute approximate surface area is 246 Å². The fourth-order valence-electron chi connectivity index (χ4n) is 11.0. The predicted octanol–water partition coefficient (Wildman–Crippen LogP) is 6.32. The average Bonchev–Trinajstić information content (AvgIpc) is 3.36. The maximum absolute atomic E-state index is 14.6. The van der Waals surface area contributed by atoms with E-state index in [-0.39, 0.29) is 35.1 Å². The number of nitrogens with one attached hydrogen (secondary N) is 1. The van der Waals surface area contributed by atoms with Gasteiger partial charge >= 0.3 is 6.18 Å². The molecule has 8 atom stereocenters. The van der Waals surface area contributed by atoms with Gasteiger partial charge in [-0.3, -0.25) is 9.59 Å². The molecular weight excluding hydrogens is 545 g/mol. The van der Waals surface area contributed by atoms with Crippen LogP contribution in [0.4, 0.5) is 13.2 Å². The molecule has 0 aromatic carbocycles.